The average molecular weight is 578 g/mol. The highest BCUT2D eigenvalue weighted by atomic mass is 32.2. The highest BCUT2D eigenvalue weighted by Crippen LogP contribution is 2.35. The van der Waals surface area contributed by atoms with E-state index in [1.54, 1.807) is 43.4 Å². The Labute approximate surface area is 231 Å². The lowest BCUT2D eigenvalue weighted by Gasteiger charge is -2.31. The summed E-state index contributed by atoms with van der Waals surface area (Å²) in [6.07, 6.45) is 3.00. The summed E-state index contributed by atoms with van der Waals surface area (Å²) >= 11 is -1.66. The molecule has 3 aromatic rings. The molecule has 4 rings (SSSR count). The number of thiazole rings is 1. The first-order chi connectivity index (χ1) is 18.6. The maximum Gasteiger partial charge on any atom is 0.326 e. The summed E-state index contributed by atoms with van der Waals surface area (Å²) in [4.78, 5) is 37.2. The fourth-order valence-electron chi connectivity index (χ4n) is 4.45. The second kappa shape index (κ2) is 12.1. The number of carbonyl (C=O) groups is 2. The van der Waals surface area contributed by atoms with Gasteiger partial charge in [-0.2, -0.15) is 0 Å². The van der Waals surface area contributed by atoms with Crippen molar-refractivity contribution in [2.75, 3.05) is 55.9 Å². The van der Waals surface area contributed by atoms with Gasteiger partial charge in [0, 0.05) is 57.0 Å². The quantitative estimate of drug-likeness (QED) is 0.234. The molecule has 13 nitrogen and oxygen atoms in total. The lowest BCUT2D eigenvalue weighted by molar-refractivity contribution is -0.148. The highest BCUT2D eigenvalue weighted by Gasteiger charge is 2.43. The van der Waals surface area contributed by atoms with Crippen molar-refractivity contribution in [2.45, 2.75) is 24.9 Å². The molecule has 0 spiro atoms. The van der Waals surface area contributed by atoms with Crippen molar-refractivity contribution >= 4 is 61.2 Å². The number of nitrogens with two attached hydrogens (primary N) is 1. The summed E-state index contributed by atoms with van der Waals surface area (Å²) in [5.74, 6) is -1.11. The van der Waals surface area contributed by atoms with Gasteiger partial charge in [0.25, 0.3) is 0 Å². The number of ether oxygens (including phenoxy) is 2. The number of carboxylic acids is 1. The van der Waals surface area contributed by atoms with Crippen LogP contribution in [0.4, 0.5) is 16.0 Å². The molecular formula is C24H29N6O7S2-. The number of likely N-dealkylation sites (tertiary alicyclic amines) is 1. The number of carbonyl (C=O) groups excluding carboxylic acids is 1. The first-order valence-electron chi connectivity index (χ1n) is 12.0. The van der Waals surface area contributed by atoms with Crippen LogP contribution in [-0.2, 0) is 32.0 Å². The number of methoxy groups -OCH3 is 1. The lowest BCUT2D eigenvalue weighted by atomic mass is 10.00. The number of rotatable bonds is 12. The second-order valence-electron chi connectivity index (χ2n) is 9.03. The van der Waals surface area contributed by atoms with Gasteiger partial charge >= 0.3 is 5.97 Å². The Balaban J connectivity index is 1.64. The summed E-state index contributed by atoms with van der Waals surface area (Å²) in [5, 5.41) is 12.4. The van der Waals surface area contributed by atoms with E-state index < -0.39 is 35.2 Å². The fraction of sp³-hybridized carbons (Fsp3) is 0.417. The van der Waals surface area contributed by atoms with Crippen LogP contribution in [0.15, 0.2) is 30.6 Å². The van der Waals surface area contributed by atoms with Crippen LogP contribution in [0.2, 0.25) is 0 Å². The molecule has 1 aliphatic rings. The van der Waals surface area contributed by atoms with Crippen LogP contribution in [0, 0.1) is 0 Å². The minimum Gasteiger partial charge on any atom is -0.755 e. The monoisotopic (exact) mass is 577 g/mol. The molecule has 1 amide bonds. The van der Waals surface area contributed by atoms with Crippen molar-refractivity contribution in [3.63, 3.8) is 0 Å². The molecule has 1 saturated heterocycles. The lowest BCUT2D eigenvalue weighted by Crippen LogP contribution is -2.48. The third kappa shape index (κ3) is 6.06. The summed E-state index contributed by atoms with van der Waals surface area (Å²) < 4.78 is 36.3. The molecule has 1 aromatic carbocycles. The zero-order valence-electron chi connectivity index (χ0n) is 21.6. The van der Waals surface area contributed by atoms with Crippen LogP contribution in [0.1, 0.15) is 12.0 Å². The van der Waals surface area contributed by atoms with E-state index in [1.807, 2.05) is 0 Å². The molecule has 210 valence electrons. The number of benzene rings is 1. The van der Waals surface area contributed by atoms with Crippen LogP contribution >= 0.6 is 11.3 Å². The van der Waals surface area contributed by atoms with E-state index >= 15 is 0 Å². The van der Waals surface area contributed by atoms with E-state index in [2.05, 4.69) is 9.97 Å². The average Bonchev–Trinajstić information content (AvgIpc) is 3.51. The van der Waals surface area contributed by atoms with Crippen molar-refractivity contribution in [3.8, 4) is 5.75 Å². The van der Waals surface area contributed by atoms with Crippen molar-refractivity contribution in [3.05, 3.63) is 36.2 Å². The number of aromatic nitrogens is 2. The van der Waals surface area contributed by atoms with Gasteiger partial charge in [-0.15, -0.1) is 0 Å². The first-order valence-corrected chi connectivity index (χ1v) is 13.8. The number of nitrogen functional groups attached to an aromatic ring is 1. The molecule has 39 heavy (non-hydrogen) atoms. The van der Waals surface area contributed by atoms with E-state index in [9.17, 15) is 23.5 Å². The summed E-state index contributed by atoms with van der Waals surface area (Å²) in [7, 11) is 5.08. The Kier molecular flexibility index (Phi) is 8.84. The Morgan fingerprint density at radius 2 is 2.13 bits per heavy atom. The highest BCUT2D eigenvalue weighted by molar-refractivity contribution is 7.81. The molecule has 0 saturated carbocycles. The molecule has 1 unspecified atom stereocenters. The van der Waals surface area contributed by atoms with E-state index in [1.165, 1.54) is 18.2 Å². The predicted octanol–water partition coefficient (Wildman–Crippen LogP) is 1.26. The van der Waals surface area contributed by atoms with Crippen molar-refractivity contribution in [1.29, 1.82) is 0 Å². The smallest absolute Gasteiger partial charge is 0.326 e. The largest absolute Gasteiger partial charge is 0.755 e. The van der Waals surface area contributed by atoms with Crippen molar-refractivity contribution in [1.82, 2.24) is 14.9 Å². The number of aliphatic carboxylic acids is 1. The zero-order valence-corrected chi connectivity index (χ0v) is 23.2. The van der Waals surface area contributed by atoms with Crippen LogP contribution in [0.25, 0.3) is 10.8 Å². The molecular weight excluding hydrogens is 548 g/mol. The molecule has 3 atom stereocenters. The number of hydrogen-bond donors (Lipinski definition) is 2. The Hall–Kier alpha value is -3.53. The number of pyridine rings is 1. The van der Waals surface area contributed by atoms with Crippen molar-refractivity contribution in [2.24, 2.45) is 0 Å². The molecule has 0 aliphatic carbocycles. The minimum absolute atomic E-state index is 0.0673. The van der Waals surface area contributed by atoms with Gasteiger partial charge in [0.2, 0.25) is 5.91 Å². The zero-order chi connectivity index (χ0) is 28.3. The van der Waals surface area contributed by atoms with Crippen LogP contribution in [-0.4, -0.2) is 93.7 Å². The minimum atomic E-state index is -2.78. The SMILES string of the molecule is COCCOc1cc2c(N)nccc2cc1C[C@H](C(=O)O)N1CC[C@H](N(c2cnc(N(C)C)s2)S(=O)[O-])C1=O. The van der Waals surface area contributed by atoms with Gasteiger partial charge in [-0.3, -0.25) is 13.3 Å². The normalized spacial score (nSPS) is 16.9. The number of anilines is 3. The van der Waals surface area contributed by atoms with Gasteiger partial charge in [-0.25, -0.2) is 14.8 Å². The van der Waals surface area contributed by atoms with Crippen LogP contribution < -0.4 is 19.7 Å². The Bertz CT molecular complexity index is 1380. The van der Waals surface area contributed by atoms with Crippen LogP contribution in [0.5, 0.6) is 5.75 Å². The maximum absolute atomic E-state index is 13.5. The van der Waals surface area contributed by atoms with Crippen molar-refractivity contribution < 1.29 is 32.9 Å². The van der Waals surface area contributed by atoms with Gasteiger partial charge < -0.3 is 34.7 Å². The van der Waals surface area contributed by atoms with Gasteiger partial charge in [0.05, 0.1) is 12.8 Å². The number of carboxylic acid groups (broad SMARTS) is 1. The van der Waals surface area contributed by atoms with E-state index in [0.29, 0.717) is 34.3 Å². The number of hydrogen-bond acceptors (Lipinski definition) is 11. The standard InChI is InChI=1S/C24H30N6O7S2/c1-28(2)24-27-13-20(38-24)30(39(34)35)17-5-7-29(22(17)31)18(23(32)33)11-15-10-14-4-6-26-21(25)16(14)12-19(15)37-9-8-36-3/h4,6,10,12-13,17-18H,5,7-9,11H2,1-3H3,(H2,25,26)(H,32,33)(H,34,35)/p-1/t17-,18+/m0/s1. The molecule has 0 bridgehead atoms. The first kappa shape index (κ1) is 28.5. The molecule has 2 aromatic heterocycles. The topological polar surface area (TPSA) is 174 Å². The molecule has 1 aliphatic heterocycles. The summed E-state index contributed by atoms with van der Waals surface area (Å²) in [5.41, 5.74) is 6.58. The summed E-state index contributed by atoms with van der Waals surface area (Å²) in [6.45, 7) is 0.591. The molecule has 1 fully saturated rings. The second-order valence-corrected chi connectivity index (χ2v) is 10.8. The summed E-state index contributed by atoms with van der Waals surface area (Å²) in [6, 6.07) is 2.87. The molecule has 15 heteroatoms. The Morgan fingerprint density at radius 1 is 1.36 bits per heavy atom. The third-order valence-electron chi connectivity index (χ3n) is 6.33. The van der Waals surface area contributed by atoms with Gasteiger partial charge in [-0.05, 0) is 35.6 Å². The number of nitrogens with zero attached hydrogens (tertiary/aromatic N) is 5. The molecule has 3 heterocycles. The number of amides is 1. The van der Waals surface area contributed by atoms with Gasteiger partial charge in [0.1, 0.15) is 35.3 Å². The maximum atomic E-state index is 13.5. The van der Waals surface area contributed by atoms with E-state index in [-0.39, 0.29) is 31.0 Å². The van der Waals surface area contributed by atoms with E-state index in [0.717, 1.165) is 21.0 Å². The number of fused-ring (bicyclic) bond motifs is 1. The van der Waals surface area contributed by atoms with Crippen LogP contribution in [0.3, 0.4) is 0 Å². The molecule has 0 radical (unpaired) electrons. The van der Waals surface area contributed by atoms with E-state index in [4.69, 9.17) is 15.2 Å². The Morgan fingerprint density at radius 3 is 2.77 bits per heavy atom. The molecule has 3 N–H and O–H groups in total. The fourth-order valence-corrected chi connectivity index (χ4v) is 6.14. The van der Waals surface area contributed by atoms with Gasteiger partial charge in [0.15, 0.2) is 5.13 Å². The third-order valence-corrected chi connectivity index (χ3v) is 8.38. The van der Waals surface area contributed by atoms with Gasteiger partial charge in [-0.1, -0.05) is 11.3 Å². The predicted molar refractivity (Wildman–Crippen MR) is 147 cm³/mol.